The van der Waals surface area contributed by atoms with Crippen molar-refractivity contribution < 1.29 is 5.11 Å². The normalized spacial score (nSPS) is 11.4. The fraction of sp³-hybridized carbons (Fsp3) is 0. The number of para-hydroxylation sites is 2. The van der Waals surface area contributed by atoms with Gasteiger partial charge in [0.2, 0.25) is 0 Å². The molecule has 0 amide bonds. The molecule has 138 valence electrons. The van der Waals surface area contributed by atoms with Gasteiger partial charge >= 0.3 is 0 Å². The third-order valence-corrected chi connectivity index (χ3v) is 5.21. The maximum Gasteiger partial charge on any atom is 0.132 e. The Hall–Kier alpha value is -3.91. The number of fused-ring (bicyclic) bond motifs is 2. The van der Waals surface area contributed by atoms with Crippen LogP contribution in [0.1, 0.15) is 5.56 Å². The number of aromatic hydroxyl groups is 1. The highest BCUT2D eigenvalue weighted by molar-refractivity contribution is 6.06. The van der Waals surface area contributed by atoms with E-state index in [1.54, 1.807) is 6.21 Å². The maximum atomic E-state index is 11.0. The summed E-state index contributed by atoms with van der Waals surface area (Å²) < 4.78 is 0. The number of nitrogens with zero attached hydrogens (tertiary/aromatic N) is 1. The Labute approximate surface area is 169 Å². The minimum absolute atomic E-state index is 0.243. The van der Waals surface area contributed by atoms with Crippen molar-refractivity contribution >= 4 is 33.4 Å². The molecule has 0 aromatic heterocycles. The molecule has 5 aromatic rings. The lowest BCUT2D eigenvalue weighted by atomic mass is 9.94. The van der Waals surface area contributed by atoms with Gasteiger partial charge in [-0.25, -0.2) is 0 Å². The molecule has 1 N–H and O–H groups in total. The standard InChI is InChI=1S/C27H19NO/c29-27-22(18-28-23-12-2-1-3-13-23)11-7-15-25(27)24-14-6-10-21-16-19-8-4-5-9-20(19)17-26(21)24/h1-18,29H. The molecule has 0 saturated heterocycles. The molecule has 5 rings (SSSR count). The Bertz CT molecular complexity index is 1350. The van der Waals surface area contributed by atoms with E-state index in [0.29, 0.717) is 5.56 Å². The number of hydrogen-bond donors (Lipinski definition) is 1. The zero-order valence-corrected chi connectivity index (χ0v) is 15.8. The van der Waals surface area contributed by atoms with Crippen LogP contribution < -0.4 is 0 Å². The van der Waals surface area contributed by atoms with E-state index in [1.807, 2.05) is 54.6 Å². The van der Waals surface area contributed by atoms with Gasteiger partial charge in [-0.2, -0.15) is 0 Å². The fourth-order valence-electron chi connectivity index (χ4n) is 3.74. The Morgan fingerprint density at radius 2 is 1.24 bits per heavy atom. The van der Waals surface area contributed by atoms with E-state index in [1.165, 1.54) is 10.8 Å². The number of aliphatic imine (C=N–C) groups is 1. The molecule has 0 spiro atoms. The molecular weight excluding hydrogens is 354 g/mol. The molecule has 5 aromatic carbocycles. The highest BCUT2D eigenvalue weighted by Crippen LogP contribution is 2.37. The van der Waals surface area contributed by atoms with Gasteiger partial charge in [-0.3, -0.25) is 4.99 Å². The molecule has 0 unspecified atom stereocenters. The van der Waals surface area contributed by atoms with Gasteiger partial charge in [0.1, 0.15) is 5.75 Å². The number of phenols is 1. The molecule has 0 aliphatic carbocycles. The second-order valence-electron chi connectivity index (χ2n) is 7.06. The molecule has 2 heteroatoms. The molecule has 0 aliphatic rings. The van der Waals surface area contributed by atoms with Crippen molar-refractivity contribution in [1.29, 1.82) is 0 Å². The number of benzene rings is 5. The monoisotopic (exact) mass is 373 g/mol. The summed E-state index contributed by atoms with van der Waals surface area (Å²) in [5.74, 6) is 0.243. The van der Waals surface area contributed by atoms with E-state index in [-0.39, 0.29) is 5.75 Å². The van der Waals surface area contributed by atoms with Crippen LogP contribution in [-0.2, 0) is 0 Å². The first kappa shape index (κ1) is 17.2. The van der Waals surface area contributed by atoms with E-state index in [2.05, 4.69) is 53.5 Å². The van der Waals surface area contributed by atoms with Crippen LogP contribution in [0.3, 0.4) is 0 Å². The van der Waals surface area contributed by atoms with E-state index in [9.17, 15) is 5.11 Å². The summed E-state index contributed by atoms with van der Waals surface area (Å²) in [5.41, 5.74) is 3.38. The van der Waals surface area contributed by atoms with Crippen molar-refractivity contribution in [2.45, 2.75) is 0 Å². The molecular formula is C27H19NO. The second-order valence-corrected chi connectivity index (χ2v) is 7.06. The van der Waals surface area contributed by atoms with Gasteiger partial charge < -0.3 is 5.11 Å². The van der Waals surface area contributed by atoms with Gasteiger partial charge in [-0.05, 0) is 57.4 Å². The van der Waals surface area contributed by atoms with Gasteiger partial charge in [-0.15, -0.1) is 0 Å². The minimum atomic E-state index is 0.243. The zero-order valence-electron chi connectivity index (χ0n) is 15.8. The zero-order chi connectivity index (χ0) is 19.6. The van der Waals surface area contributed by atoms with Crippen LogP contribution >= 0.6 is 0 Å². The first-order chi connectivity index (χ1) is 14.3. The molecule has 0 bridgehead atoms. The summed E-state index contributed by atoms with van der Waals surface area (Å²) in [6, 6.07) is 34.5. The predicted octanol–water partition coefficient (Wildman–Crippen LogP) is 7.12. The van der Waals surface area contributed by atoms with Crippen molar-refractivity contribution in [2.75, 3.05) is 0 Å². The smallest absolute Gasteiger partial charge is 0.132 e. The fourth-order valence-corrected chi connectivity index (χ4v) is 3.74. The molecule has 2 nitrogen and oxygen atoms in total. The Morgan fingerprint density at radius 3 is 2.07 bits per heavy atom. The number of rotatable bonds is 3. The van der Waals surface area contributed by atoms with Crippen LogP contribution in [-0.4, -0.2) is 11.3 Å². The van der Waals surface area contributed by atoms with Gasteiger partial charge in [-0.1, -0.05) is 72.8 Å². The van der Waals surface area contributed by atoms with Crippen LogP contribution in [0.15, 0.2) is 108 Å². The molecule has 0 saturated carbocycles. The quantitative estimate of drug-likeness (QED) is 0.265. The largest absolute Gasteiger partial charge is 0.507 e. The highest BCUT2D eigenvalue weighted by atomic mass is 16.3. The minimum Gasteiger partial charge on any atom is -0.507 e. The molecule has 0 aliphatic heterocycles. The van der Waals surface area contributed by atoms with Crippen LogP contribution in [0.2, 0.25) is 0 Å². The van der Waals surface area contributed by atoms with Crippen LogP contribution in [0, 0.1) is 0 Å². The second kappa shape index (κ2) is 7.25. The summed E-state index contributed by atoms with van der Waals surface area (Å²) in [7, 11) is 0. The molecule has 0 heterocycles. The van der Waals surface area contributed by atoms with Crippen LogP contribution in [0.5, 0.6) is 5.75 Å². The molecule has 0 fully saturated rings. The molecule has 29 heavy (non-hydrogen) atoms. The SMILES string of the molecule is Oc1c(C=Nc2ccccc2)cccc1-c1cccc2cc3ccccc3cc12. The van der Waals surface area contributed by atoms with E-state index in [4.69, 9.17) is 0 Å². The van der Waals surface area contributed by atoms with Crippen LogP contribution in [0.25, 0.3) is 32.7 Å². The maximum absolute atomic E-state index is 11.0. The summed E-state index contributed by atoms with van der Waals surface area (Å²) in [4.78, 5) is 4.49. The van der Waals surface area contributed by atoms with Gasteiger partial charge in [0, 0.05) is 17.3 Å². The van der Waals surface area contributed by atoms with Crippen molar-refractivity contribution in [3.8, 4) is 16.9 Å². The summed E-state index contributed by atoms with van der Waals surface area (Å²) >= 11 is 0. The summed E-state index contributed by atoms with van der Waals surface area (Å²) in [5, 5.41) is 15.7. The first-order valence-electron chi connectivity index (χ1n) is 9.62. The number of phenolic OH excluding ortho intramolecular Hbond substituents is 1. The van der Waals surface area contributed by atoms with Crippen molar-refractivity contribution in [3.63, 3.8) is 0 Å². The van der Waals surface area contributed by atoms with Gasteiger partial charge in [0.15, 0.2) is 0 Å². The lowest BCUT2D eigenvalue weighted by Gasteiger charge is -2.11. The molecule has 0 radical (unpaired) electrons. The lowest BCUT2D eigenvalue weighted by Crippen LogP contribution is -1.88. The van der Waals surface area contributed by atoms with Crippen LogP contribution in [0.4, 0.5) is 5.69 Å². The van der Waals surface area contributed by atoms with E-state index >= 15 is 0 Å². The summed E-state index contributed by atoms with van der Waals surface area (Å²) in [6.07, 6.45) is 1.72. The third-order valence-electron chi connectivity index (χ3n) is 5.21. The Kier molecular flexibility index (Phi) is 4.30. The van der Waals surface area contributed by atoms with E-state index < -0.39 is 0 Å². The Morgan fingerprint density at radius 1 is 0.586 bits per heavy atom. The van der Waals surface area contributed by atoms with E-state index in [0.717, 1.165) is 27.6 Å². The first-order valence-corrected chi connectivity index (χ1v) is 9.62. The van der Waals surface area contributed by atoms with Gasteiger partial charge in [0.05, 0.1) is 5.69 Å². The number of hydrogen-bond acceptors (Lipinski definition) is 2. The van der Waals surface area contributed by atoms with Crippen molar-refractivity contribution in [1.82, 2.24) is 0 Å². The molecule has 0 atom stereocenters. The topological polar surface area (TPSA) is 32.6 Å². The van der Waals surface area contributed by atoms with Crippen molar-refractivity contribution in [2.24, 2.45) is 4.99 Å². The third kappa shape index (κ3) is 3.26. The Balaban J connectivity index is 1.65. The predicted molar refractivity (Wildman–Crippen MR) is 122 cm³/mol. The average Bonchev–Trinajstić information content (AvgIpc) is 2.77. The highest BCUT2D eigenvalue weighted by Gasteiger charge is 2.11. The lowest BCUT2D eigenvalue weighted by molar-refractivity contribution is 0.476. The average molecular weight is 373 g/mol. The van der Waals surface area contributed by atoms with Crippen molar-refractivity contribution in [3.05, 3.63) is 109 Å². The van der Waals surface area contributed by atoms with Gasteiger partial charge in [0.25, 0.3) is 0 Å². The summed E-state index contributed by atoms with van der Waals surface area (Å²) in [6.45, 7) is 0.